The highest BCUT2D eigenvalue weighted by Gasteiger charge is 2.09. The molecule has 2 amide bonds. The van der Waals surface area contributed by atoms with Crippen molar-refractivity contribution in [3.8, 4) is 0 Å². The normalized spacial score (nSPS) is 13.1. The monoisotopic (exact) mass is 234 g/mol. The first-order chi connectivity index (χ1) is 8.04. The molecule has 0 radical (unpaired) electrons. The lowest BCUT2D eigenvalue weighted by Gasteiger charge is -2.10. The Morgan fingerprint density at radius 1 is 1.29 bits per heavy atom. The number of hydrogen-bond acceptors (Lipinski definition) is 3. The van der Waals surface area contributed by atoms with Crippen molar-refractivity contribution in [3.63, 3.8) is 0 Å². The van der Waals surface area contributed by atoms with Gasteiger partial charge >= 0.3 is 0 Å². The van der Waals surface area contributed by atoms with E-state index < -0.39 is 11.9 Å². The Balaban J connectivity index is 2.72. The summed E-state index contributed by atoms with van der Waals surface area (Å²) >= 11 is 0. The van der Waals surface area contributed by atoms with Gasteiger partial charge in [0, 0.05) is 5.56 Å². The summed E-state index contributed by atoms with van der Waals surface area (Å²) in [4.78, 5) is 24.3. The van der Waals surface area contributed by atoms with E-state index in [0.29, 0.717) is 18.4 Å². The maximum atomic E-state index is 10.8. The number of nitrogens with zero attached hydrogens (tertiary/aromatic N) is 1. The van der Waals surface area contributed by atoms with Gasteiger partial charge < -0.3 is 17.2 Å². The fraction of sp³-hybridized carbons (Fsp3) is 0.182. The molecule has 0 bridgehead atoms. The number of rotatable bonds is 5. The second kappa shape index (κ2) is 5.76. The lowest BCUT2D eigenvalue weighted by Crippen LogP contribution is -2.38. The van der Waals surface area contributed by atoms with E-state index >= 15 is 0 Å². The lowest BCUT2D eigenvalue weighted by atomic mass is 10.0. The first-order valence-electron chi connectivity index (χ1n) is 4.95. The molecular formula is C11H14N4O2. The van der Waals surface area contributed by atoms with Crippen LogP contribution in [0.3, 0.4) is 0 Å². The predicted molar refractivity (Wildman–Crippen MR) is 64.3 cm³/mol. The minimum Gasteiger partial charge on any atom is -0.386 e. The molecule has 1 atom stereocenters. The summed E-state index contributed by atoms with van der Waals surface area (Å²) in [7, 11) is 0. The quantitative estimate of drug-likeness (QED) is 0.349. The molecule has 0 aliphatic rings. The average molecular weight is 234 g/mol. The molecule has 0 aromatic heterocycles. The minimum atomic E-state index is -0.528. The number of aliphatic imine (C=N–C) groups is 1. The zero-order valence-corrected chi connectivity index (χ0v) is 9.17. The number of carbonyl (C=O) groups excluding carboxylic acids is 2. The summed E-state index contributed by atoms with van der Waals surface area (Å²) in [5, 5.41) is 0. The molecule has 17 heavy (non-hydrogen) atoms. The molecule has 0 aliphatic carbocycles. The highest BCUT2D eigenvalue weighted by atomic mass is 16.1. The third-order valence-corrected chi connectivity index (χ3v) is 2.28. The molecule has 0 heterocycles. The number of hydrogen-bond donors (Lipinski definition) is 3. The molecule has 0 saturated carbocycles. The van der Waals surface area contributed by atoms with Gasteiger partial charge in [0.05, 0.1) is 6.04 Å². The largest absolute Gasteiger partial charge is 0.386 e. The summed E-state index contributed by atoms with van der Waals surface area (Å²) in [6.07, 6.45) is 0.785. The van der Waals surface area contributed by atoms with Crippen LogP contribution < -0.4 is 17.2 Å². The predicted octanol–water partition coefficient (Wildman–Crippen LogP) is -0.831. The van der Waals surface area contributed by atoms with Crippen LogP contribution in [-0.2, 0) is 11.2 Å². The van der Waals surface area contributed by atoms with Gasteiger partial charge in [-0.25, -0.2) is 4.99 Å². The molecule has 0 spiro atoms. The molecular weight excluding hydrogens is 220 g/mol. The Labute approximate surface area is 98.5 Å². The number of nitrogens with two attached hydrogens (primary N) is 3. The van der Waals surface area contributed by atoms with Gasteiger partial charge in [-0.3, -0.25) is 9.59 Å². The summed E-state index contributed by atoms with van der Waals surface area (Å²) in [6.45, 7) is 0. The van der Waals surface area contributed by atoms with E-state index in [9.17, 15) is 9.59 Å². The highest BCUT2D eigenvalue weighted by molar-refractivity contribution is 5.93. The van der Waals surface area contributed by atoms with Crippen LogP contribution in [0.4, 0.5) is 0 Å². The van der Waals surface area contributed by atoms with E-state index in [-0.39, 0.29) is 5.84 Å². The van der Waals surface area contributed by atoms with Crippen molar-refractivity contribution in [1.82, 2.24) is 0 Å². The number of amidine groups is 1. The van der Waals surface area contributed by atoms with Crippen LogP contribution in [0.25, 0.3) is 0 Å². The van der Waals surface area contributed by atoms with Gasteiger partial charge in [0.1, 0.15) is 5.84 Å². The second-order valence-corrected chi connectivity index (χ2v) is 3.53. The van der Waals surface area contributed by atoms with E-state index in [1.807, 2.05) is 0 Å². The maximum Gasteiger partial charge on any atom is 0.248 e. The van der Waals surface area contributed by atoms with Gasteiger partial charge in [-0.05, 0) is 24.1 Å². The third-order valence-electron chi connectivity index (χ3n) is 2.28. The Bertz CT molecular complexity index is 439. The minimum absolute atomic E-state index is 0.0824. The van der Waals surface area contributed by atoms with Gasteiger partial charge in [0.15, 0.2) is 0 Å². The highest BCUT2D eigenvalue weighted by Crippen LogP contribution is 2.06. The fourth-order valence-corrected chi connectivity index (χ4v) is 1.32. The van der Waals surface area contributed by atoms with Gasteiger partial charge in [0.2, 0.25) is 12.3 Å². The van der Waals surface area contributed by atoms with Crippen LogP contribution in [-0.4, -0.2) is 24.2 Å². The standard InChI is InChI=1S/C11H14N4O2/c12-9(10(13)15-6-16)5-7-1-3-8(4-2-7)11(14)17/h1-4,6,9H,5,12H2,(H2,14,17)(H2,13,15,16). The average Bonchev–Trinajstić information content (AvgIpc) is 2.30. The Morgan fingerprint density at radius 2 is 1.88 bits per heavy atom. The van der Waals surface area contributed by atoms with Crippen molar-refractivity contribution >= 4 is 18.2 Å². The summed E-state index contributed by atoms with van der Waals surface area (Å²) in [5.74, 6) is -0.401. The number of carbonyl (C=O) groups is 2. The number of primary amides is 1. The van der Waals surface area contributed by atoms with Crippen LogP contribution in [0.1, 0.15) is 15.9 Å². The van der Waals surface area contributed by atoms with Crippen LogP contribution >= 0.6 is 0 Å². The SMILES string of the molecule is NC(=O)c1ccc(CC(N)C(N)=NC=O)cc1. The molecule has 1 unspecified atom stereocenters. The summed E-state index contributed by atoms with van der Waals surface area (Å²) in [5.41, 5.74) is 17.6. The summed E-state index contributed by atoms with van der Waals surface area (Å²) < 4.78 is 0. The van der Waals surface area contributed by atoms with Crippen molar-refractivity contribution < 1.29 is 9.59 Å². The van der Waals surface area contributed by atoms with E-state index in [2.05, 4.69) is 4.99 Å². The van der Waals surface area contributed by atoms with Crippen LogP contribution in [0.15, 0.2) is 29.3 Å². The molecule has 0 aliphatic heterocycles. The molecule has 6 nitrogen and oxygen atoms in total. The first kappa shape index (κ1) is 12.9. The van der Waals surface area contributed by atoms with E-state index in [1.54, 1.807) is 24.3 Å². The molecule has 1 aromatic carbocycles. The number of benzene rings is 1. The Hall–Kier alpha value is -2.21. The molecule has 1 aromatic rings. The Kier molecular flexibility index (Phi) is 4.36. The molecule has 1 rings (SSSR count). The maximum absolute atomic E-state index is 10.8. The van der Waals surface area contributed by atoms with Crippen LogP contribution in [0.2, 0.25) is 0 Å². The third kappa shape index (κ3) is 3.69. The van der Waals surface area contributed by atoms with Crippen LogP contribution in [0.5, 0.6) is 0 Å². The Morgan fingerprint density at radius 3 is 2.35 bits per heavy atom. The smallest absolute Gasteiger partial charge is 0.248 e. The van der Waals surface area contributed by atoms with Crippen molar-refractivity contribution in [1.29, 1.82) is 0 Å². The molecule has 0 saturated heterocycles. The van der Waals surface area contributed by atoms with Crippen molar-refractivity contribution in [2.75, 3.05) is 0 Å². The first-order valence-corrected chi connectivity index (χ1v) is 4.95. The van der Waals surface area contributed by atoms with Crippen molar-refractivity contribution in [3.05, 3.63) is 35.4 Å². The van der Waals surface area contributed by atoms with E-state index in [1.165, 1.54) is 0 Å². The molecule has 6 heteroatoms. The van der Waals surface area contributed by atoms with Gasteiger partial charge in [-0.15, -0.1) is 0 Å². The molecule has 90 valence electrons. The molecule has 0 fully saturated rings. The van der Waals surface area contributed by atoms with Crippen LogP contribution in [0, 0.1) is 0 Å². The zero-order valence-electron chi connectivity index (χ0n) is 9.17. The second-order valence-electron chi connectivity index (χ2n) is 3.53. The van der Waals surface area contributed by atoms with Gasteiger partial charge in [-0.2, -0.15) is 0 Å². The molecule has 6 N–H and O–H groups in total. The van der Waals surface area contributed by atoms with E-state index in [4.69, 9.17) is 17.2 Å². The van der Waals surface area contributed by atoms with E-state index in [0.717, 1.165) is 5.56 Å². The van der Waals surface area contributed by atoms with Gasteiger partial charge in [0.25, 0.3) is 0 Å². The lowest BCUT2D eigenvalue weighted by molar-refractivity contribution is -0.106. The topological polar surface area (TPSA) is 125 Å². The van der Waals surface area contributed by atoms with Crippen molar-refractivity contribution in [2.45, 2.75) is 12.5 Å². The van der Waals surface area contributed by atoms with Crippen molar-refractivity contribution in [2.24, 2.45) is 22.2 Å². The zero-order chi connectivity index (χ0) is 12.8. The van der Waals surface area contributed by atoms with Gasteiger partial charge in [-0.1, -0.05) is 12.1 Å². The summed E-state index contributed by atoms with van der Waals surface area (Å²) in [6, 6.07) is 6.15. The fourth-order valence-electron chi connectivity index (χ4n) is 1.32. The number of amides is 2.